The van der Waals surface area contributed by atoms with Gasteiger partial charge in [-0.3, -0.25) is 9.63 Å². The number of hydrogen-bond donors (Lipinski definition) is 2. The average molecular weight is 308 g/mol. The lowest BCUT2D eigenvalue weighted by Crippen LogP contribution is -2.30. The number of halogens is 1. The second-order valence-corrected chi connectivity index (χ2v) is 4.71. The lowest BCUT2D eigenvalue weighted by molar-refractivity contribution is -0.125. The molecule has 0 aliphatic rings. The lowest BCUT2D eigenvalue weighted by atomic mass is 10.2. The number of carbonyl (C=O) groups excluding carboxylic acids is 1. The van der Waals surface area contributed by atoms with Gasteiger partial charge < -0.3 is 14.8 Å². The van der Waals surface area contributed by atoms with E-state index in [4.69, 9.17) is 4.84 Å². The van der Waals surface area contributed by atoms with Gasteiger partial charge in [0.2, 0.25) is 5.88 Å². The van der Waals surface area contributed by atoms with Gasteiger partial charge in [-0.25, -0.2) is 9.45 Å². The zero-order valence-corrected chi connectivity index (χ0v) is 12.3. The minimum atomic E-state index is -0.598. The molecule has 1 heterocycles. The summed E-state index contributed by atoms with van der Waals surface area (Å²) in [4.78, 5) is 17.7. The summed E-state index contributed by atoms with van der Waals surface area (Å²) >= 11 is 0. The zero-order chi connectivity index (χ0) is 16.3. The molecule has 0 bridgehead atoms. The number of aromatic nitrogens is 1. The predicted octanol–water partition coefficient (Wildman–Crippen LogP) is 2.17. The number of carbonyl (C=O) groups is 1. The summed E-state index contributed by atoms with van der Waals surface area (Å²) in [7, 11) is 1.50. The molecular formula is C15H17FN2O4. The molecule has 0 aliphatic carbocycles. The Morgan fingerprint density at radius 3 is 2.45 bits per heavy atom. The van der Waals surface area contributed by atoms with E-state index in [0.29, 0.717) is 5.56 Å². The summed E-state index contributed by atoms with van der Waals surface area (Å²) in [6.07, 6.45) is 1.31. The Hall–Kier alpha value is -2.54. The van der Waals surface area contributed by atoms with E-state index in [2.05, 4.69) is 0 Å². The van der Waals surface area contributed by atoms with E-state index in [-0.39, 0.29) is 24.5 Å². The van der Waals surface area contributed by atoms with Gasteiger partial charge in [-0.2, -0.15) is 0 Å². The third-order valence-corrected chi connectivity index (χ3v) is 3.11. The molecule has 1 aromatic carbocycles. The number of nitrogens with zero attached hydrogens (tertiary/aromatic N) is 2. The Kier molecular flexibility index (Phi) is 4.67. The molecule has 0 unspecified atom stereocenters. The summed E-state index contributed by atoms with van der Waals surface area (Å²) < 4.78 is 14.1. The lowest BCUT2D eigenvalue weighted by Gasteiger charge is -2.21. The van der Waals surface area contributed by atoms with Crippen LogP contribution < -0.4 is 0 Å². The number of aromatic hydroxyl groups is 2. The fraction of sp³-hybridized carbons (Fsp3) is 0.267. The van der Waals surface area contributed by atoms with E-state index in [9.17, 15) is 19.4 Å². The maximum absolute atomic E-state index is 12.9. The SMILES string of the molecule is CCON(Cc1ccc(F)cc1)C(=O)c1cn(C)c(O)c1O. The van der Waals surface area contributed by atoms with Gasteiger partial charge in [-0.15, -0.1) is 0 Å². The molecule has 118 valence electrons. The highest BCUT2D eigenvalue weighted by molar-refractivity contribution is 5.97. The summed E-state index contributed by atoms with van der Waals surface area (Å²) in [6, 6.07) is 5.65. The number of hydrogen-bond acceptors (Lipinski definition) is 4. The van der Waals surface area contributed by atoms with Crippen molar-refractivity contribution in [3.8, 4) is 11.6 Å². The van der Waals surface area contributed by atoms with Crippen molar-refractivity contribution in [2.24, 2.45) is 7.05 Å². The summed E-state index contributed by atoms with van der Waals surface area (Å²) in [5, 5.41) is 20.4. The first-order valence-electron chi connectivity index (χ1n) is 6.70. The van der Waals surface area contributed by atoms with Gasteiger partial charge in [0.15, 0.2) is 5.75 Å². The molecule has 22 heavy (non-hydrogen) atoms. The second kappa shape index (κ2) is 6.48. The Balaban J connectivity index is 2.24. The second-order valence-electron chi connectivity index (χ2n) is 4.71. The van der Waals surface area contributed by atoms with Crippen molar-refractivity contribution in [2.75, 3.05) is 6.61 Å². The molecule has 0 radical (unpaired) electrons. The first kappa shape index (κ1) is 15.8. The largest absolute Gasteiger partial charge is 0.503 e. The van der Waals surface area contributed by atoms with Gasteiger partial charge in [0.05, 0.1) is 13.2 Å². The molecule has 0 saturated carbocycles. The average Bonchev–Trinajstić information content (AvgIpc) is 2.76. The number of rotatable bonds is 5. The third kappa shape index (κ3) is 3.20. The van der Waals surface area contributed by atoms with Crippen molar-refractivity contribution >= 4 is 5.91 Å². The predicted molar refractivity (Wildman–Crippen MR) is 76.6 cm³/mol. The third-order valence-electron chi connectivity index (χ3n) is 3.11. The van der Waals surface area contributed by atoms with E-state index in [1.165, 1.54) is 42.1 Å². The van der Waals surface area contributed by atoms with Crippen molar-refractivity contribution in [1.29, 1.82) is 0 Å². The highest BCUT2D eigenvalue weighted by Gasteiger charge is 2.24. The van der Waals surface area contributed by atoms with Crippen molar-refractivity contribution in [3.63, 3.8) is 0 Å². The van der Waals surface area contributed by atoms with Crippen LogP contribution in [-0.4, -0.2) is 32.4 Å². The van der Waals surface area contributed by atoms with Crippen molar-refractivity contribution in [1.82, 2.24) is 9.63 Å². The minimum Gasteiger partial charge on any atom is -0.503 e. The van der Waals surface area contributed by atoms with E-state index in [1.54, 1.807) is 6.92 Å². The fourth-order valence-electron chi connectivity index (χ4n) is 1.98. The molecular weight excluding hydrogens is 291 g/mol. The molecule has 6 nitrogen and oxygen atoms in total. The summed E-state index contributed by atoms with van der Waals surface area (Å²) in [5.74, 6) is -1.87. The number of benzene rings is 1. The monoisotopic (exact) mass is 308 g/mol. The Morgan fingerprint density at radius 2 is 1.95 bits per heavy atom. The van der Waals surface area contributed by atoms with Gasteiger partial charge in [0.25, 0.3) is 5.91 Å². The van der Waals surface area contributed by atoms with Crippen LogP contribution in [0.2, 0.25) is 0 Å². The topological polar surface area (TPSA) is 74.9 Å². The molecule has 1 amide bonds. The Morgan fingerprint density at radius 1 is 1.32 bits per heavy atom. The van der Waals surface area contributed by atoms with Crippen LogP contribution in [0.3, 0.4) is 0 Å². The molecule has 0 spiro atoms. The molecule has 0 saturated heterocycles. The van der Waals surface area contributed by atoms with Gasteiger partial charge in [-0.05, 0) is 24.6 Å². The molecule has 2 N–H and O–H groups in total. The number of amides is 1. The van der Waals surface area contributed by atoms with Gasteiger partial charge >= 0.3 is 0 Å². The van der Waals surface area contributed by atoms with Crippen molar-refractivity contribution in [2.45, 2.75) is 13.5 Å². The van der Waals surface area contributed by atoms with Crippen LogP contribution >= 0.6 is 0 Å². The van der Waals surface area contributed by atoms with E-state index >= 15 is 0 Å². The Bertz CT molecular complexity index is 667. The number of aryl methyl sites for hydroxylation is 1. The van der Waals surface area contributed by atoms with E-state index < -0.39 is 17.5 Å². The first-order chi connectivity index (χ1) is 10.4. The van der Waals surface area contributed by atoms with Crippen LogP contribution in [0.4, 0.5) is 4.39 Å². The molecule has 0 fully saturated rings. The summed E-state index contributed by atoms with van der Waals surface area (Å²) in [6.45, 7) is 2.04. The first-order valence-corrected chi connectivity index (χ1v) is 6.70. The van der Waals surface area contributed by atoms with Crippen LogP contribution in [0.5, 0.6) is 11.6 Å². The highest BCUT2D eigenvalue weighted by Crippen LogP contribution is 2.31. The van der Waals surface area contributed by atoms with Gasteiger partial charge in [0.1, 0.15) is 11.4 Å². The summed E-state index contributed by atoms with van der Waals surface area (Å²) in [5.41, 5.74) is 0.596. The van der Waals surface area contributed by atoms with E-state index in [1.807, 2.05) is 0 Å². The number of hydroxylamine groups is 2. The fourth-order valence-corrected chi connectivity index (χ4v) is 1.98. The van der Waals surface area contributed by atoms with Gasteiger partial charge in [0, 0.05) is 13.2 Å². The van der Waals surface area contributed by atoms with Crippen LogP contribution in [0.1, 0.15) is 22.8 Å². The highest BCUT2D eigenvalue weighted by atomic mass is 19.1. The molecule has 2 rings (SSSR count). The van der Waals surface area contributed by atoms with Crippen LogP contribution in [0.25, 0.3) is 0 Å². The minimum absolute atomic E-state index is 0.0736. The molecule has 0 aliphatic heterocycles. The smallest absolute Gasteiger partial charge is 0.283 e. The van der Waals surface area contributed by atoms with Gasteiger partial charge in [-0.1, -0.05) is 12.1 Å². The maximum atomic E-state index is 12.9. The Labute approximate surface area is 126 Å². The molecule has 0 atom stereocenters. The van der Waals surface area contributed by atoms with E-state index in [0.717, 1.165) is 5.06 Å². The zero-order valence-electron chi connectivity index (χ0n) is 12.3. The molecule has 1 aromatic heterocycles. The van der Waals surface area contributed by atoms with Crippen molar-refractivity contribution in [3.05, 3.63) is 47.4 Å². The van der Waals surface area contributed by atoms with Crippen LogP contribution in [0, 0.1) is 5.82 Å². The van der Waals surface area contributed by atoms with Crippen LogP contribution in [0.15, 0.2) is 30.5 Å². The molecule has 2 aromatic rings. The quantitative estimate of drug-likeness (QED) is 0.830. The van der Waals surface area contributed by atoms with Crippen LogP contribution in [-0.2, 0) is 18.4 Å². The normalized spacial score (nSPS) is 10.7. The van der Waals surface area contributed by atoms with Crippen molar-refractivity contribution < 1.29 is 24.2 Å². The maximum Gasteiger partial charge on any atom is 0.283 e. The standard InChI is InChI=1S/C15H17FN2O4/c1-3-22-18(8-10-4-6-11(16)7-5-10)14(20)12-9-17(2)15(21)13(12)19/h4-7,9,19,21H,3,8H2,1-2H3. The molecule has 7 heteroatoms.